The molecular formula is C22H34N4O2. The third kappa shape index (κ3) is 6.31. The van der Waals surface area contributed by atoms with E-state index < -0.39 is 0 Å². The maximum Gasteiger partial charge on any atom is 0.238 e. The van der Waals surface area contributed by atoms with Crippen molar-refractivity contribution in [3.8, 4) is 0 Å². The van der Waals surface area contributed by atoms with Crippen LogP contribution in [-0.4, -0.2) is 66.9 Å². The Labute approximate surface area is 168 Å². The van der Waals surface area contributed by atoms with E-state index in [9.17, 15) is 9.59 Å². The Bertz CT molecular complexity index is 653. The summed E-state index contributed by atoms with van der Waals surface area (Å²) in [6.07, 6.45) is 4.83. The van der Waals surface area contributed by atoms with Crippen LogP contribution in [0.4, 0.5) is 5.69 Å². The van der Waals surface area contributed by atoms with Gasteiger partial charge in [0, 0.05) is 37.9 Å². The summed E-state index contributed by atoms with van der Waals surface area (Å²) in [4.78, 5) is 29.0. The first-order valence-electron chi connectivity index (χ1n) is 10.6. The minimum atomic E-state index is 0.0151. The lowest BCUT2D eigenvalue weighted by atomic mass is 9.86. The Hall–Kier alpha value is -1.92. The zero-order valence-electron chi connectivity index (χ0n) is 17.2. The number of nitrogens with one attached hydrogen (secondary N) is 2. The number of rotatable bonds is 6. The van der Waals surface area contributed by atoms with Crippen LogP contribution in [-0.2, 0) is 9.59 Å². The molecule has 0 radical (unpaired) electrons. The van der Waals surface area contributed by atoms with Gasteiger partial charge in [0.1, 0.15) is 0 Å². The number of carbonyl (C=O) groups is 2. The van der Waals surface area contributed by atoms with Crippen molar-refractivity contribution in [2.24, 2.45) is 5.92 Å². The lowest BCUT2D eigenvalue weighted by molar-refractivity contribution is -0.124. The SMILES string of the molecule is Cc1ccc(NC(=O)CN2CCN(CC(=O)N[C@H]3CCCC[C@H]3C)CC2)cc1. The van der Waals surface area contributed by atoms with Crippen molar-refractivity contribution in [3.05, 3.63) is 29.8 Å². The number of benzene rings is 1. The molecule has 1 heterocycles. The molecule has 1 aromatic rings. The zero-order chi connectivity index (χ0) is 19.9. The van der Waals surface area contributed by atoms with Gasteiger partial charge in [-0.1, -0.05) is 37.5 Å². The topological polar surface area (TPSA) is 64.7 Å². The lowest BCUT2D eigenvalue weighted by Crippen LogP contribution is -2.52. The molecular weight excluding hydrogens is 352 g/mol. The van der Waals surface area contributed by atoms with Gasteiger partial charge >= 0.3 is 0 Å². The molecule has 2 N–H and O–H groups in total. The molecule has 1 saturated heterocycles. The van der Waals surface area contributed by atoms with Gasteiger partial charge in [0.05, 0.1) is 13.1 Å². The molecule has 3 rings (SSSR count). The minimum absolute atomic E-state index is 0.0151. The molecule has 6 nitrogen and oxygen atoms in total. The van der Waals surface area contributed by atoms with E-state index in [-0.39, 0.29) is 11.8 Å². The first kappa shape index (κ1) is 20.8. The highest BCUT2D eigenvalue weighted by molar-refractivity contribution is 5.92. The van der Waals surface area contributed by atoms with Gasteiger partial charge < -0.3 is 10.6 Å². The lowest BCUT2D eigenvalue weighted by Gasteiger charge is -2.35. The van der Waals surface area contributed by atoms with Gasteiger partial charge in [-0.05, 0) is 37.8 Å². The van der Waals surface area contributed by atoms with E-state index in [1.807, 2.05) is 31.2 Å². The fourth-order valence-electron chi connectivity index (χ4n) is 4.13. The third-order valence-electron chi connectivity index (χ3n) is 5.99. The summed E-state index contributed by atoms with van der Waals surface area (Å²) in [5.74, 6) is 0.743. The second-order valence-electron chi connectivity index (χ2n) is 8.40. The molecule has 2 fully saturated rings. The fourth-order valence-corrected chi connectivity index (χ4v) is 4.13. The van der Waals surface area contributed by atoms with Crippen molar-refractivity contribution in [1.82, 2.24) is 15.1 Å². The van der Waals surface area contributed by atoms with Gasteiger partial charge in [-0.3, -0.25) is 19.4 Å². The molecule has 1 saturated carbocycles. The summed E-state index contributed by atoms with van der Waals surface area (Å²) in [7, 11) is 0. The van der Waals surface area contributed by atoms with E-state index in [1.165, 1.54) is 24.8 Å². The van der Waals surface area contributed by atoms with Crippen molar-refractivity contribution < 1.29 is 9.59 Å². The molecule has 0 bridgehead atoms. The molecule has 2 aliphatic rings. The average Bonchev–Trinajstić information content (AvgIpc) is 2.67. The van der Waals surface area contributed by atoms with Crippen LogP contribution in [0.15, 0.2) is 24.3 Å². The molecule has 0 unspecified atom stereocenters. The van der Waals surface area contributed by atoms with Crippen LogP contribution in [0, 0.1) is 12.8 Å². The molecule has 154 valence electrons. The van der Waals surface area contributed by atoms with Crippen LogP contribution in [0.5, 0.6) is 0 Å². The van der Waals surface area contributed by atoms with E-state index in [4.69, 9.17) is 0 Å². The van der Waals surface area contributed by atoms with Gasteiger partial charge in [0.2, 0.25) is 11.8 Å². The summed E-state index contributed by atoms with van der Waals surface area (Å²) in [5.41, 5.74) is 2.01. The maximum atomic E-state index is 12.4. The molecule has 0 spiro atoms. The predicted molar refractivity (Wildman–Crippen MR) is 112 cm³/mol. The van der Waals surface area contributed by atoms with E-state index in [1.54, 1.807) is 0 Å². The van der Waals surface area contributed by atoms with Crippen molar-refractivity contribution in [1.29, 1.82) is 0 Å². The summed E-state index contributed by atoms with van der Waals surface area (Å²) < 4.78 is 0. The molecule has 1 aliphatic heterocycles. The first-order chi connectivity index (χ1) is 13.5. The summed E-state index contributed by atoms with van der Waals surface area (Å²) in [6.45, 7) is 8.41. The quantitative estimate of drug-likeness (QED) is 0.787. The predicted octanol–water partition coefficient (Wildman–Crippen LogP) is 2.25. The molecule has 28 heavy (non-hydrogen) atoms. The number of anilines is 1. The van der Waals surface area contributed by atoms with Gasteiger partial charge in [-0.15, -0.1) is 0 Å². The number of hydrogen-bond donors (Lipinski definition) is 2. The van der Waals surface area contributed by atoms with Crippen LogP contribution < -0.4 is 10.6 Å². The highest BCUT2D eigenvalue weighted by atomic mass is 16.2. The van der Waals surface area contributed by atoms with Crippen molar-refractivity contribution in [2.75, 3.05) is 44.6 Å². The van der Waals surface area contributed by atoms with E-state index in [0.717, 1.165) is 38.3 Å². The van der Waals surface area contributed by atoms with Crippen LogP contribution in [0.3, 0.4) is 0 Å². The Kier molecular flexibility index (Phi) is 7.45. The van der Waals surface area contributed by atoms with E-state index in [0.29, 0.717) is 25.0 Å². The van der Waals surface area contributed by atoms with Crippen LogP contribution in [0.2, 0.25) is 0 Å². The van der Waals surface area contributed by atoms with Gasteiger partial charge in [0.15, 0.2) is 0 Å². The summed E-state index contributed by atoms with van der Waals surface area (Å²) in [5, 5.41) is 6.18. The largest absolute Gasteiger partial charge is 0.352 e. The average molecular weight is 387 g/mol. The van der Waals surface area contributed by atoms with Gasteiger partial charge in [-0.25, -0.2) is 0 Å². The van der Waals surface area contributed by atoms with E-state index in [2.05, 4.69) is 27.4 Å². The van der Waals surface area contributed by atoms with Gasteiger partial charge in [0.25, 0.3) is 0 Å². The zero-order valence-corrected chi connectivity index (χ0v) is 17.2. The van der Waals surface area contributed by atoms with Gasteiger partial charge in [-0.2, -0.15) is 0 Å². The molecule has 1 aromatic carbocycles. The minimum Gasteiger partial charge on any atom is -0.352 e. The molecule has 2 amide bonds. The maximum absolute atomic E-state index is 12.4. The van der Waals surface area contributed by atoms with E-state index >= 15 is 0 Å². The van der Waals surface area contributed by atoms with Crippen molar-refractivity contribution in [3.63, 3.8) is 0 Å². The molecule has 6 heteroatoms. The number of piperazine rings is 1. The molecule has 0 aromatic heterocycles. The number of aryl methyl sites for hydroxylation is 1. The summed E-state index contributed by atoms with van der Waals surface area (Å²) in [6, 6.07) is 8.18. The Morgan fingerprint density at radius 3 is 2.11 bits per heavy atom. The molecule has 1 aliphatic carbocycles. The van der Waals surface area contributed by atoms with Crippen molar-refractivity contribution in [2.45, 2.75) is 45.6 Å². The second-order valence-corrected chi connectivity index (χ2v) is 8.40. The number of carbonyl (C=O) groups excluding carboxylic acids is 2. The molecule has 2 atom stereocenters. The standard InChI is InChI=1S/C22H34N4O2/c1-17-7-9-19(10-8-17)23-21(27)15-25-11-13-26(14-12-25)16-22(28)24-20-6-4-3-5-18(20)2/h7-10,18,20H,3-6,11-16H2,1-2H3,(H,23,27)(H,24,28)/t18-,20+/m1/s1. The van der Waals surface area contributed by atoms with Crippen LogP contribution >= 0.6 is 0 Å². The Morgan fingerprint density at radius 2 is 1.50 bits per heavy atom. The Balaban J connectivity index is 1.35. The van der Waals surface area contributed by atoms with Crippen LogP contribution in [0.25, 0.3) is 0 Å². The third-order valence-corrected chi connectivity index (χ3v) is 5.99. The van der Waals surface area contributed by atoms with Crippen molar-refractivity contribution >= 4 is 17.5 Å². The highest BCUT2D eigenvalue weighted by Crippen LogP contribution is 2.23. The highest BCUT2D eigenvalue weighted by Gasteiger charge is 2.25. The number of nitrogens with zero attached hydrogens (tertiary/aromatic N) is 2. The number of hydrogen-bond acceptors (Lipinski definition) is 4. The smallest absolute Gasteiger partial charge is 0.238 e. The fraction of sp³-hybridized carbons (Fsp3) is 0.636. The second kappa shape index (κ2) is 10.0. The Morgan fingerprint density at radius 1 is 0.929 bits per heavy atom. The van der Waals surface area contributed by atoms with Crippen LogP contribution in [0.1, 0.15) is 38.2 Å². The summed E-state index contributed by atoms with van der Waals surface area (Å²) >= 11 is 0. The normalized spacial score (nSPS) is 23.9. The number of amides is 2. The first-order valence-corrected chi connectivity index (χ1v) is 10.6. The monoisotopic (exact) mass is 386 g/mol.